The third kappa shape index (κ3) is 3.42. The third-order valence-electron chi connectivity index (χ3n) is 3.29. The Morgan fingerprint density at radius 2 is 2.23 bits per heavy atom. The Labute approximate surface area is 132 Å². The Morgan fingerprint density at radius 1 is 1.41 bits per heavy atom. The summed E-state index contributed by atoms with van der Waals surface area (Å²) in [4.78, 5) is 12.0. The number of nitrogens with zero attached hydrogens (tertiary/aromatic N) is 2. The van der Waals surface area contributed by atoms with Crippen LogP contribution in [0.15, 0.2) is 24.3 Å². The minimum atomic E-state index is -0.363. The first-order valence-electron chi connectivity index (χ1n) is 7.25. The Morgan fingerprint density at radius 3 is 2.91 bits per heavy atom. The van der Waals surface area contributed by atoms with Crippen LogP contribution in [-0.4, -0.2) is 35.4 Å². The van der Waals surface area contributed by atoms with Crippen molar-refractivity contribution in [2.75, 3.05) is 18.5 Å². The van der Waals surface area contributed by atoms with Crippen molar-refractivity contribution in [1.29, 1.82) is 0 Å². The fraction of sp³-hybridized carbons (Fsp3) is 0.400. The predicted molar refractivity (Wildman–Crippen MR) is 84.1 cm³/mol. The van der Waals surface area contributed by atoms with Gasteiger partial charge in [-0.1, -0.05) is 11.3 Å². The lowest BCUT2D eigenvalue weighted by molar-refractivity contribution is -0.124. The maximum absolute atomic E-state index is 12.0. The maximum Gasteiger partial charge on any atom is 0.255 e. The van der Waals surface area contributed by atoms with Gasteiger partial charge in [-0.3, -0.25) is 10.1 Å². The molecule has 1 amide bonds. The molecule has 6 nitrogen and oxygen atoms in total. The molecule has 0 radical (unpaired) electrons. The van der Waals surface area contributed by atoms with Crippen molar-refractivity contribution in [2.24, 2.45) is 0 Å². The number of benzene rings is 1. The van der Waals surface area contributed by atoms with E-state index < -0.39 is 0 Å². The molecule has 2 heterocycles. The maximum atomic E-state index is 12.0. The quantitative estimate of drug-likeness (QED) is 0.917. The summed E-state index contributed by atoms with van der Waals surface area (Å²) >= 11 is 1.34. The number of ether oxygens (including phenoxy) is 2. The Balaban J connectivity index is 1.66. The number of nitrogens with one attached hydrogen (secondary N) is 1. The van der Waals surface area contributed by atoms with Gasteiger partial charge in [-0.25, -0.2) is 0 Å². The Kier molecular flexibility index (Phi) is 4.65. The van der Waals surface area contributed by atoms with Crippen molar-refractivity contribution in [2.45, 2.75) is 25.9 Å². The highest BCUT2D eigenvalue weighted by Gasteiger charge is 2.24. The average Bonchev–Trinajstić information content (AvgIpc) is 3.19. The number of anilines is 1. The smallest absolute Gasteiger partial charge is 0.255 e. The van der Waals surface area contributed by atoms with E-state index in [0.717, 1.165) is 29.2 Å². The van der Waals surface area contributed by atoms with Gasteiger partial charge in [-0.2, -0.15) is 0 Å². The van der Waals surface area contributed by atoms with Gasteiger partial charge in [0.15, 0.2) is 0 Å². The summed E-state index contributed by atoms with van der Waals surface area (Å²) < 4.78 is 10.8. The molecule has 22 heavy (non-hydrogen) atoms. The Hall–Kier alpha value is -1.99. The molecule has 1 aliphatic rings. The normalized spacial score (nSPS) is 17.4. The van der Waals surface area contributed by atoms with Crippen LogP contribution in [-0.2, 0) is 9.53 Å². The lowest BCUT2D eigenvalue weighted by atomic mass is 10.2. The number of hydrogen-bond acceptors (Lipinski definition) is 6. The zero-order valence-electron chi connectivity index (χ0n) is 12.2. The van der Waals surface area contributed by atoms with E-state index in [1.807, 2.05) is 31.2 Å². The molecule has 3 rings (SSSR count). The van der Waals surface area contributed by atoms with Gasteiger partial charge in [0.25, 0.3) is 5.91 Å². The van der Waals surface area contributed by atoms with Crippen LogP contribution in [0.4, 0.5) is 5.13 Å². The average molecular weight is 319 g/mol. The lowest BCUT2D eigenvalue weighted by Crippen LogP contribution is -2.26. The van der Waals surface area contributed by atoms with Gasteiger partial charge < -0.3 is 9.47 Å². The van der Waals surface area contributed by atoms with Crippen molar-refractivity contribution in [3.63, 3.8) is 0 Å². The second-order valence-corrected chi connectivity index (χ2v) is 5.84. The largest absolute Gasteiger partial charge is 0.494 e. The fourth-order valence-corrected chi connectivity index (χ4v) is 2.97. The first kappa shape index (κ1) is 14.9. The molecule has 7 heteroatoms. The van der Waals surface area contributed by atoms with Gasteiger partial charge in [-0.05, 0) is 44.0 Å². The molecule has 1 unspecified atom stereocenters. The Bertz CT molecular complexity index is 636. The van der Waals surface area contributed by atoms with E-state index in [-0.39, 0.29) is 12.0 Å². The summed E-state index contributed by atoms with van der Waals surface area (Å²) in [7, 11) is 0. The summed E-state index contributed by atoms with van der Waals surface area (Å²) in [6, 6.07) is 7.64. The summed E-state index contributed by atoms with van der Waals surface area (Å²) in [5.41, 5.74) is 0.943. The number of rotatable bonds is 5. The summed E-state index contributed by atoms with van der Waals surface area (Å²) in [5.74, 6) is 0.676. The molecule has 1 aliphatic heterocycles. The molecule has 1 N–H and O–H groups in total. The van der Waals surface area contributed by atoms with Crippen molar-refractivity contribution in [3.05, 3.63) is 24.3 Å². The monoisotopic (exact) mass is 319 g/mol. The molecule has 2 aromatic rings. The van der Waals surface area contributed by atoms with E-state index in [2.05, 4.69) is 15.5 Å². The topological polar surface area (TPSA) is 73.3 Å². The minimum Gasteiger partial charge on any atom is -0.494 e. The summed E-state index contributed by atoms with van der Waals surface area (Å²) in [6.45, 7) is 3.23. The number of carbonyl (C=O) groups is 1. The van der Waals surface area contributed by atoms with Crippen molar-refractivity contribution < 1.29 is 14.3 Å². The van der Waals surface area contributed by atoms with Crippen LogP contribution in [0.1, 0.15) is 19.8 Å². The van der Waals surface area contributed by atoms with E-state index in [0.29, 0.717) is 18.3 Å². The molecule has 1 saturated heterocycles. The van der Waals surface area contributed by atoms with Gasteiger partial charge in [0.05, 0.1) is 6.61 Å². The van der Waals surface area contributed by atoms with Gasteiger partial charge in [0.2, 0.25) is 5.13 Å². The van der Waals surface area contributed by atoms with Gasteiger partial charge in [-0.15, -0.1) is 10.2 Å². The minimum absolute atomic E-state index is 0.146. The molecule has 0 saturated carbocycles. The molecule has 1 atom stereocenters. The van der Waals surface area contributed by atoms with Crippen LogP contribution in [0, 0.1) is 0 Å². The molecule has 1 fully saturated rings. The SMILES string of the molecule is CCOc1ccc(-c2nnc(NC(=O)C3CCCO3)s2)cc1. The molecule has 116 valence electrons. The zero-order valence-corrected chi connectivity index (χ0v) is 13.1. The summed E-state index contributed by atoms with van der Waals surface area (Å²) in [5, 5.41) is 12.1. The second kappa shape index (κ2) is 6.85. The molecule has 0 spiro atoms. The molecular formula is C15H17N3O3S. The highest BCUT2D eigenvalue weighted by Crippen LogP contribution is 2.28. The van der Waals surface area contributed by atoms with Crippen LogP contribution in [0.25, 0.3) is 10.6 Å². The van der Waals surface area contributed by atoms with Crippen molar-refractivity contribution in [1.82, 2.24) is 10.2 Å². The zero-order chi connectivity index (χ0) is 15.4. The van der Waals surface area contributed by atoms with E-state index in [4.69, 9.17) is 9.47 Å². The molecular weight excluding hydrogens is 302 g/mol. The number of carbonyl (C=O) groups excluding carboxylic acids is 1. The summed E-state index contributed by atoms with van der Waals surface area (Å²) in [6.07, 6.45) is 1.32. The van der Waals surface area contributed by atoms with E-state index >= 15 is 0 Å². The van der Waals surface area contributed by atoms with Crippen LogP contribution in [0.3, 0.4) is 0 Å². The standard InChI is InChI=1S/C15H17N3O3S/c1-2-20-11-7-5-10(6-8-11)14-17-18-15(22-14)16-13(19)12-4-3-9-21-12/h5-8,12H,2-4,9H2,1H3,(H,16,18,19). The van der Waals surface area contributed by atoms with E-state index in [1.165, 1.54) is 11.3 Å². The molecule has 1 aromatic carbocycles. The van der Waals surface area contributed by atoms with Crippen LogP contribution in [0.2, 0.25) is 0 Å². The first-order valence-corrected chi connectivity index (χ1v) is 8.07. The lowest BCUT2D eigenvalue weighted by Gasteiger charge is -2.07. The van der Waals surface area contributed by atoms with E-state index in [9.17, 15) is 4.79 Å². The van der Waals surface area contributed by atoms with Gasteiger partial charge >= 0.3 is 0 Å². The number of hydrogen-bond donors (Lipinski definition) is 1. The highest BCUT2D eigenvalue weighted by atomic mass is 32.1. The third-order valence-corrected chi connectivity index (χ3v) is 4.18. The second-order valence-electron chi connectivity index (χ2n) is 4.86. The van der Waals surface area contributed by atoms with Crippen molar-refractivity contribution >= 4 is 22.4 Å². The molecule has 1 aromatic heterocycles. The van der Waals surface area contributed by atoms with Crippen LogP contribution in [0.5, 0.6) is 5.75 Å². The molecule has 0 bridgehead atoms. The number of aromatic nitrogens is 2. The van der Waals surface area contributed by atoms with E-state index in [1.54, 1.807) is 0 Å². The highest BCUT2D eigenvalue weighted by molar-refractivity contribution is 7.18. The van der Waals surface area contributed by atoms with Gasteiger partial charge in [0.1, 0.15) is 16.9 Å². The molecule has 0 aliphatic carbocycles. The fourth-order valence-electron chi connectivity index (χ4n) is 2.22. The van der Waals surface area contributed by atoms with Crippen LogP contribution < -0.4 is 10.1 Å². The number of amides is 1. The predicted octanol–water partition coefficient (Wildman–Crippen LogP) is 2.72. The van der Waals surface area contributed by atoms with Crippen LogP contribution >= 0.6 is 11.3 Å². The first-order chi connectivity index (χ1) is 10.8. The van der Waals surface area contributed by atoms with Crippen molar-refractivity contribution in [3.8, 4) is 16.3 Å². The van der Waals surface area contributed by atoms with Gasteiger partial charge in [0, 0.05) is 12.2 Å².